The van der Waals surface area contributed by atoms with Crippen LogP contribution in [0.3, 0.4) is 0 Å². The second kappa shape index (κ2) is 4.56. The summed E-state index contributed by atoms with van der Waals surface area (Å²) in [5.41, 5.74) is 0. The number of morpholine rings is 1. The Kier molecular flexibility index (Phi) is 2.84. The maximum atomic E-state index is 10.9. The number of hydrogen-bond donors (Lipinski definition) is 0. The largest absolute Gasteiger partial charge is 0.378 e. The molecule has 1 fully saturated rings. The molecule has 3 aromatic heterocycles. The van der Waals surface area contributed by atoms with Crippen LogP contribution in [0.5, 0.6) is 0 Å². The van der Waals surface area contributed by atoms with Crippen LogP contribution in [0.25, 0.3) is 18.8 Å². The number of carbonyl (C=O) groups excluding carboxylic acids is 1. The number of anilines is 1. The lowest BCUT2D eigenvalue weighted by Gasteiger charge is -2.27. The zero-order valence-corrected chi connectivity index (χ0v) is 12.5. The van der Waals surface area contributed by atoms with Crippen molar-refractivity contribution >= 4 is 64.1 Å². The predicted molar refractivity (Wildman–Crippen MR) is 83.5 cm³/mol. The number of aldehydes is 1. The first-order valence-corrected chi connectivity index (χ1v) is 8.54. The number of ether oxygens (including phenoxy) is 1. The van der Waals surface area contributed by atoms with Gasteiger partial charge in [0.05, 0.1) is 32.5 Å². The Morgan fingerprint density at radius 1 is 1.05 bits per heavy atom. The van der Waals surface area contributed by atoms with Crippen LogP contribution in [-0.4, -0.2) is 32.6 Å². The van der Waals surface area contributed by atoms with Gasteiger partial charge >= 0.3 is 0 Å². The van der Waals surface area contributed by atoms with E-state index in [0.717, 1.165) is 37.5 Å². The summed E-state index contributed by atoms with van der Waals surface area (Å²) in [4.78, 5) is 14.1. The van der Waals surface area contributed by atoms with Crippen LogP contribution in [-0.2, 0) is 4.74 Å². The lowest BCUT2D eigenvalue weighted by molar-refractivity contribution is 0.112. The van der Waals surface area contributed by atoms with E-state index in [-0.39, 0.29) is 0 Å². The third-order valence-electron chi connectivity index (χ3n) is 3.27. The summed E-state index contributed by atoms with van der Waals surface area (Å²) in [5.74, 6) is 0. The first-order valence-electron chi connectivity index (χ1n) is 6.09. The molecule has 98 valence electrons. The highest BCUT2D eigenvalue weighted by Gasteiger charge is 2.17. The second-order valence-corrected chi connectivity index (χ2v) is 7.64. The molecule has 3 aromatic rings. The van der Waals surface area contributed by atoms with Crippen LogP contribution in [0, 0.1) is 0 Å². The Bertz CT molecular complexity index is 749. The lowest BCUT2D eigenvalue weighted by atomic mass is 10.4. The van der Waals surface area contributed by atoms with Crippen molar-refractivity contribution in [2.24, 2.45) is 0 Å². The van der Waals surface area contributed by atoms with Gasteiger partial charge in [0.2, 0.25) is 0 Å². The average molecular weight is 309 g/mol. The van der Waals surface area contributed by atoms with Crippen LogP contribution in [0.1, 0.15) is 9.67 Å². The highest BCUT2D eigenvalue weighted by Crippen LogP contribution is 2.45. The molecular formula is C13H11NO2S3. The van der Waals surface area contributed by atoms with Gasteiger partial charge in [0.1, 0.15) is 0 Å². The van der Waals surface area contributed by atoms with Crippen LogP contribution >= 0.6 is 34.0 Å². The summed E-state index contributed by atoms with van der Waals surface area (Å²) in [5, 5.41) is 1.33. The minimum absolute atomic E-state index is 0.815. The molecule has 19 heavy (non-hydrogen) atoms. The van der Waals surface area contributed by atoms with Gasteiger partial charge in [-0.05, 0) is 12.1 Å². The van der Waals surface area contributed by atoms with Crippen LogP contribution in [0.4, 0.5) is 5.00 Å². The summed E-state index contributed by atoms with van der Waals surface area (Å²) in [6.07, 6.45) is 0.944. The number of carbonyl (C=O) groups is 1. The monoisotopic (exact) mass is 309 g/mol. The van der Waals surface area contributed by atoms with Crippen LogP contribution in [0.2, 0.25) is 0 Å². The van der Waals surface area contributed by atoms with Crippen molar-refractivity contribution in [2.75, 3.05) is 31.2 Å². The molecule has 4 rings (SSSR count). The van der Waals surface area contributed by atoms with Crippen LogP contribution < -0.4 is 4.90 Å². The minimum Gasteiger partial charge on any atom is -0.378 e. The maximum Gasteiger partial charge on any atom is 0.160 e. The third kappa shape index (κ3) is 1.90. The van der Waals surface area contributed by atoms with Gasteiger partial charge in [0, 0.05) is 22.5 Å². The molecular weight excluding hydrogens is 298 g/mol. The Morgan fingerprint density at radius 2 is 1.79 bits per heavy atom. The molecule has 1 aliphatic heterocycles. The Balaban J connectivity index is 1.81. The van der Waals surface area contributed by atoms with E-state index in [1.54, 1.807) is 22.7 Å². The van der Waals surface area contributed by atoms with Crippen LogP contribution in [0.15, 0.2) is 12.1 Å². The van der Waals surface area contributed by atoms with E-state index in [9.17, 15) is 4.79 Å². The first-order chi connectivity index (χ1) is 9.35. The Labute approximate surface area is 122 Å². The molecule has 0 spiro atoms. The number of rotatable bonds is 2. The molecule has 0 unspecified atom stereocenters. The highest BCUT2D eigenvalue weighted by atomic mass is 32.1. The van der Waals surface area contributed by atoms with Gasteiger partial charge < -0.3 is 9.64 Å². The molecule has 4 heterocycles. The van der Waals surface area contributed by atoms with E-state index < -0.39 is 0 Å². The fourth-order valence-electron chi connectivity index (χ4n) is 2.34. The smallest absolute Gasteiger partial charge is 0.160 e. The van der Waals surface area contributed by atoms with Crippen molar-refractivity contribution in [3.8, 4) is 0 Å². The third-order valence-corrected chi connectivity index (χ3v) is 7.03. The molecule has 0 saturated carbocycles. The summed E-state index contributed by atoms with van der Waals surface area (Å²) < 4.78 is 10.6. The van der Waals surface area contributed by atoms with Gasteiger partial charge in [-0.1, -0.05) is 0 Å². The van der Waals surface area contributed by atoms with Crippen molar-refractivity contribution in [3.05, 3.63) is 17.0 Å². The van der Waals surface area contributed by atoms with Crippen molar-refractivity contribution in [1.29, 1.82) is 0 Å². The molecule has 0 aromatic carbocycles. The van der Waals surface area contributed by atoms with Gasteiger partial charge in [0.15, 0.2) is 6.29 Å². The average Bonchev–Trinajstić information content (AvgIpc) is 3.09. The maximum absolute atomic E-state index is 10.9. The van der Waals surface area contributed by atoms with E-state index in [0.29, 0.717) is 0 Å². The molecule has 0 N–H and O–H groups in total. The molecule has 0 bridgehead atoms. The molecule has 1 saturated heterocycles. The topological polar surface area (TPSA) is 29.5 Å². The molecule has 1 aliphatic rings. The van der Waals surface area contributed by atoms with Gasteiger partial charge in [-0.15, -0.1) is 34.0 Å². The molecule has 0 amide bonds. The SMILES string of the molecule is O=Cc1cc2sc3cc(N4CCOCC4)sc3c2s1. The molecule has 6 heteroatoms. The van der Waals surface area contributed by atoms with E-state index in [4.69, 9.17) is 4.74 Å². The Morgan fingerprint density at radius 3 is 2.58 bits per heavy atom. The summed E-state index contributed by atoms with van der Waals surface area (Å²) in [6.45, 7) is 3.58. The highest BCUT2D eigenvalue weighted by molar-refractivity contribution is 7.39. The second-order valence-electron chi connectivity index (χ2n) is 4.44. The number of hydrogen-bond acceptors (Lipinski definition) is 6. The summed E-state index contributed by atoms with van der Waals surface area (Å²) >= 11 is 5.23. The number of thiophene rings is 3. The fourth-order valence-corrected chi connectivity index (χ4v) is 6.23. The van der Waals surface area contributed by atoms with Gasteiger partial charge in [0.25, 0.3) is 0 Å². The minimum atomic E-state index is 0.815. The molecule has 0 atom stereocenters. The zero-order chi connectivity index (χ0) is 12.8. The van der Waals surface area contributed by atoms with Crippen molar-refractivity contribution in [2.45, 2.75) is 0 Å². The Hall–Kier alpha value is -0.950. The standard InChI is InChI=1S/C13H11NO2S3/c15-7-8-5-9-12(17-8)13-10(18-9)6-11(19-13)14-1-3-16-4-2-14/h5-7H,1-4H2. The normalized spacial score (nSPS) is 16.5. The molecule has 3 nitrogen and oxygen atoms in total. The number of nitrogens with zero attached hydrogens (tertiary/aromatic N) is 1. The van der Waals surface area contributed by atoms with E-state index in [1.807, 2.05) is 17.4 Å². The summed E-state index contributed by atoms with van der Waals surface area (Å²) in [7, 11) is 0. The van der Waals surface area contributed by atoms with E-state index in [2.05, 4.69) is 11.0 Å². The molecule has 0 aliphatic carbocycles. The van der Waals surface area contributed by atoms with Gasteiger partial charge in [-0.2, -0.15) is 0 Å². The molecule has 0 radical (unpaired) electrons. The quantitative estimate of drug-likeness (QED) is 0.674. The van der Waals surface area contributed by atoms with Crippen molar-refractivity contribution in [3.63, 3.8) is 0 Å². The zero-order valence-electron chi connectivity index (χ0n) is 10.0. The number of fused-ring (bicyclic) bond motifs is 3. The summed E-state index contributed by atoms with van der Waals surface area (Å²) in [6, 6.07) is 4.28. The van der Waals surface area contributed by atoms with E-state index in [1.165, 1.54) is 23.8 Å². The first kappa shape index (κ1) is 11.8. The van der Waals surface area contributed by atoms with Crippen molar-refractivity contribution in [1.82, 2.24) is 0 Å². The van der Waals surface area contributed by atoms with Gasteiger partial charge in [-0.3, -0.25) is 4.79 Å². The van der Waals surface area contributed by atoms with E-state index >= 15 is 0 Å². The van der Waals surface area contributed by atoms with Crippen molar-refractivity contribution < 1.29 is 9.53 Å². The predicted octanol–water partition coefficient (Wildman–Crippen LogP) is 3.83. The lowest BCUT2D eigenvalue weighted by Crippen LogP contribution is -2.35. The fraction of sp³-hybridized carbons (Fsp3) is 0.308. The van der Waals surface area contributed by atoms with Gasteiger partial charge in [-0.25, -0.2) is 0 Å².